The number of carbonyl (C=O) groups excluding carboxylic acids is 1. The molecule has 0 saturated heterocycles. The van der Waals surface area contributed by atoms with Crippen molar-refractivity contribution in [3.05, 3.63) is 30.1 Å². The van der Waals surface area contributed by atoms with Crippen molar-refractivity contribution in [1.82, 2.24) is 10.4 Å². The van der Waals surface area contributed by atoms with E-state index in [1.807, 2.05) is 19.1 Å². The van der Waals surface area contributed by atoms with Crippen LogP contribution < -0.4 is 5.43 Å². The Labute approximate surface area is 102 Å². The van der Waals surface area contributed by atoms with Crippen LogP contribution in [0, 0.1) is 0 Å². The highest BCUT2D eigenvalue weighted by atomic mass is 16.2. The number of aromatic nitrogens is 1. The quantitative estimate of drug-likeness (QED) is 0.466. The van der Waals surface area contributed by atoms with E-state index in [1.165, 1.54) is 0 Å². The predicted molar refractivity (Wildman–Crippen MR) is 68.7 cm³/mol. The number of carbonyl (C=O) groups is 1. The maximum absolute atomic E-state index is 11.4. The molecule has 0 radical (unpaired) electrons. The maximum atomic E-state index is 11.4. The van der Waals surface area contributed by atoms with E-state index in [1.54, 1.807) is 12.4 Å². The van der Waals surface area contributed by atoms with E-state index in [-0.39, 0.29) is 5.91 Å². The lowest BCUT2D eigenvalue weighted by Crippen LogP contribution is -2.18. The Balaban J connectivity index is 2.40. The average Bonchev–Trinajstić information content (AvgIpc) is 2.37. The molecule has 0 aromatic carbocycles. The zero-order valence-electron chi connectivity index (χ0n) is 10.4. The molecule has 0 saturated carbocycles. The lowest BCUT2D eigenvalue weighted by Gasteiger charge is -2.02. The summed E-state index contributed by atoms with van der Waals surface area (Å²) in [6.45, 7) is 3.96. The molecule has 1 heterocycles. The molecule has 0 spiro atoms. The number of pyridine rings is 1. The molecular formula is C13H19N3O. The first-order valence-electron chi connectivity index (χ1n) is 5.97. The van der Waals surface area contributed by atoms with Gasteiger partial charge in [-0.25, -0.2) is 5.43 Å². The fourth-order valence-corrected chi connectivity index (χ4v) is 1.38. The second-order valence-corrected chi connectivity index (χ2v) is 3.93. The van der Waals surface area contributed by atoms with Crippen molar-refractivity contribution < 1.29 is 4.79 Å². The number of nitrogens with one attached hydrogen (secondary N) is 1. The van der Waals surface area contributed by atoms with Crippen molar-refractivity contribution in [3.8, 4) is 0 Å². The predicted octanol–water partition coefficient (Wildman–Crippen LogP) is 2.50. The Morgan fingerprint density at radius 2 is 2.29 bits per heavy atom. The summed E-state index contributed by atoms with van der Waals surface area (Å²) in [7, 11) is 0. The summed E-state index contributed by atoms with van der Waals surface area (Å²) in [5, 5.41) is 4.05. The van der Waals surface area contributed by atoms with E-state index in [9.17, 15) is 4.79 Å². The molecule has 4 heteroatoms. The molecule has 0 fully saturated rings. The minimum absolute atomic E-state index is 0.0262. The summed E-state index contributed by atoms with van der Waals surface area (Å²) in [4.78, 5) is 15.4. The molecule has 1 N–H and O–H groups in total. The Morgan fingerprint density at radius 1 is 1.47 bits per heavy atom. The first-order valence-corrected chi connectivity index (χ1v) is 5.97. The maximum Gasteiger partial charge on any atom is 0.240 e. The molecule has 1 aromatic rings. The van der Waals surface area contributed by atoms with Crippen molar-refractivity contribution in [2.75, 3.05) is 0 Å². The topological polar surface area (TPSA) is 54.4 Å². The number of hydrazone groups is 1. The summed E-state index contributed by atoms with van der Waals surface area (Å²) in [6, 6.07) is 3.76. The second kappa shape index (κ2) is 7.54. The molecule has 92 valence electrons. The van der Waals surface area contributed by atoms with Gasteiger partial charge in [-0.3, -0.25) is 9.78 Å². The number of unbranched alkanes of at least 4 members (excludes halogenated alkanes) is 2. The number of hydrogen-bond donors (Lipinski definition) is 1. The van der Waals surface area contributed by atoms with Crippen LogP contribution in [0.1, 0.15) is 45.1 Å². The molecule has 1 amide bonds. The molecular weight excluding hydrogens is 214 g/mol. The van der Waals surface area contributed by atoms with Crippen molar-refractivity contribution in [3.63, 3.8) is 0 Å². The van der Waals surface area contributed by atoms with Crippen LogP contribution >= 0.6 is 0 Å². The number of rotatable bonds is 6. The average molecular weight is 233 g/mol. The second-order valence-electron chi connectivity index (χ2n) is 3.93. The minimum atomic E-state index is -0.0262. The summed E-state index contributed by atoms with van der Waals surface area (Å²) in [6.07, 6.45) is 7.09. The van der Waals surface area contributed by atoms with Crippen LogP contribution in [0.3, 0.4) is 0 Å². The first kappa shape index (κ1) is 13.4. The standard InChI is InChI=1S/C13H19N3O/c1-3-4-5-8-13(17)16-15-11(2)12-7-6-9-14-10-12/h6-7,9-10H,3-5,8H2,1-2H3,(H,16,17). The zero-order chi connectivity index (χ0) is 12.5. The van der Waals surface area contributed by atoms with Gasteiger partial charge in [0.2, 0.25) is 5.91 Å². The lowest BCUT2D eigenvalue weighted by molar-refractivity contribution is -0.121. The largest absolute Gasteiger partial charge is 0.273 e. The molecule has 0 aliphatic rings. The van der Waals surface area contributed by atoms with Gasteiger partial charge in [0.1, 0.15) is 0 Å². The smallest absolute Gasteiger partial charge is 0.240 e. The van der Waals surface area contributed by atoms with Gasteiger partial charge in [-0.1, -0.05) is 25.8 Å². The van der Waals surface area contributed by atoms with Crippen molar-refractivity contribution in [1.29, 1.82) is 0 Å². The van der Waals surface area contributed by atoms with Gasteiger partial charge in [-0.05, 0) is 19.4 Å². The lowest BCUT2D eigenvalue weighted by atomic mass is 10.2. The van der Waals surface area contributed by atoms with Gasteiger partial charge in [0.15, 0.2) is 0 Å². The van der Waals surface area contributed by atoms with Crippen LogP contribution in [0.5, 0.6) is 0 Å². The van der Waals surface area contributed by atoms with Crippen LogP contribution in [0.25, 0.3) is 0 Å². The molecule has 1 aromatic heterocycles. The summed E-state index contributed by atoms with van der Waals surface area (Å²) in [5.41, 5.74) is 4.24. The number of hydrogen-bond acceptors (Lipinski definition) is 3. The van der Waals surface area contributed by atoms with Crippen molar-refractivity contribution >= 4 is 11.6 Å². The van der Waals surface area contributed by atoms with E-state index < -0.39 is 0 Å². The van der Waals surface area contributed by atoms with E-state index in [0.29, 0.717) is 6.42 Å². The van der Waals surface area contributed by atoms with E-state index in [2.05, 4.69) is 22.4 Å². The Bertz CT molecular complexity index is 374. The van der Waals surface area contributed by atoms with E-state index >= 15 is 0 Å². The van der Waals surface area contributed by atoms with Gasteiger partial charge in [-0.2, -0.15) is 5.10 Å². The molecule has 1 rings (SSSR count). The summed E-state index contributed by atoms with van der Waals surface area (Å²) in [5.74, 6) is -0.0262. The van der Waals surface area contributed by atoms with Gasteiger partial charge in [0.05, 0.1) is 5.71 Å². The normalized spacial score (nSPS) is 11.3. The molecule has 0 unspecified atom stereocenters. The van der Waals surface area contributed by atoms with Gasteiger partial charge in [0.25, 0.3) is 0 Å². The Hall–Kier alpha value is -1.71. The molecule has 4 nitrogen and oxygen atoms in total. The third-order valence-corrected chi connectivity index (χ3v) is 2.44. The van der Waals surface area contributed by atoms with E-state index in [0.717, 1.165) is 30.5 Å². The fraction of sp³-hybridized carbons (Fsp3) is 0.462. The number of amides is 1. The molecule has 0 aliphatic heterocycles. The SMILES string of the molecule is CCCCCC(=O)NN=C(C)c1cccnc1. The van der Waals surface area contributed by atoms with Crippen LogP contribution in [0.4, 0.5) is 0 Å². The molecule has 17 heavy (non-hydrogen) atoms. The van der Waals surface area contributed by atoms with Gasteiger partial charge in [-0.15, -0.1) is 0 Å². The van der Waals surface area contributed by atoms with E-state index in [4.69, 9.17) is 0 Å². The van der Waals surface area contributed by atoms with Crippen LogP contribution in [0.2, 0.25) is 0 Å². The summed E-state index contributed by atoms with van der Waals surface area (Å²) >= 11 is 0. The van der Waals surface area contributed by atoms with Gasteiger partial charge in [0, 0.05) is 24.4 Å². The Kier molecular flexibility index (Phi) is 5.93. The third-order valence-electron chi connectivity index (χ3n) is 2.44. The summed E-state index contributed by atoms with van der Waals surface area (Å²) < 4.78 is 0. The van der Waals surface area contributed by atoms with Crippen LogP contribution in [0.15, 0.2) is 29.6 Å². The van der Waals surface area contributed by atoms with Gasteiger partial charge >= 0.3 is 0 Å². The first-order chi connectivity index (χ1) is 8.24. The fourth-order valence-electron chi connectivity index (χ4n) is 1.38. The molecule has 0 aliphatic carbocycles. The van der Waals surface area contributed by atoms with Gasteiger partial charge < -0.3 is 0 Å². The van der Waals surface area contributed by atoms with Crippen LogP contribution in [-0.4, -0.2) is 16.6 Å². The highest BCUT2D eigenvalue weighted by Gasteiger charge is 2.00. The van der Waals surface area contributed by atoms with Crippen molar-refractivity contribution in [2.24, 2.45) is 5.10 Å². The van der Waals surface area contributed by atoms with Crippen LogP contribution in [-0.2, 0) is 4.79 Å². The highest BCUT2D eigenvalue weighted by Crippen LogP contribution is 2.00. The highest BCUT2D eigenvalue weighted by molar-refractivity contribution is 5.98. The molecule has 0 atom stereocenters. The van der Waals surface area contributed by atoms with Crippen molar-refractivity contribution in [2.45, 2.75) is 39.5 Å². The Morgan fingerprint density at radius 3 is 2.94 bits per heavy atom. The monoisotopic (exact) mass is 233 g/mol. The number of nitrogens with zero attached hydrogens (tertiary/aromatic N) is 2. The third kappa shape index (κ3) is 5.24. The zero-order valence-corrected chi connectivity index (χ0v) is 10.4. The minimum Gasteiger partial charge on any atom is -0.273 e. The molecule has 0 bridgehead atoms.